The summed E-state index contributed by atoms with van der Waals surface area (Å²) < 4.78 is 7.35. The van der Waals surface area contributed by atoms with Crippen LogP contribution in [0, 0.1) is 0 Å². The molecule has 3 aromatic carbocycles. The summed E-state index contributed by atoms with van der Waals surface area (Å²) in [7, 11) is 0. The topological polar surface area (TPSA) is 46.6 Å². The van der Waals surface area contributed by atoms with E-state index in [1.807, 2.05) is 42.5 Å². The number of imide groups is 1. The summed E-state index contributed by atoms with van der Waals surface area (Å²) in [6.45, 7) is 0.432. The van der Waals surface area contributed by atoms with E-state index in [-0.39, 0.29) is 17.7 Å². The van der Waals surface area contributed by atoms with Crippen LogP contribution in [0.5, 0.6) is 5.75 Å². The highest BCUT2D eigenvalue weighted by atomic mass is 79.9. The normalized spacial score (nSPS) is 14.9. The minimum atomic E-state index is -0.351. The van der Waals surface area contributed by atoms with Gasteiger partial charge in [0.05, 0.1) is 20.4 Å². The number of nitrogens with zero attached hydrogens (tertiary/aromatic N) is 1. The van der Waals surface area contributed by atoms with Gasteiger partial charge in [-0.25, -0.2) is 0 Å². The summed E-state index contributed by atoms with van der Waals surface area (Å²) in [6.07, 6.45) is 1.69. The molecule has 0 atom stereocenters. The van der Waals surface area contributed by atoms with Gasteiger partial charge in [0, 0.05) is 15.6 Å². The second kappa shape index (κ2) is 10.7. The fourth-order valence-corrected chi connectivity index (χ4v) is 5.83. The molecule has 0 aliphatic carbocycles. The van der Waals surface area contributed by atoms with E-state index in [1.54, 1.807) is 24.3 Å². The lowest BCUT2D eigenvalue weighted by Gasteiger charge is -2.13. The lowest BCUT2D eigenvalue weighted by Crippen LogP contribution is -2.27. The SMILES string of the molecule is O=C1S/C(=C\c2cc(Br)c(OCc3ccccc3Cl)c(Br)c2)C(=O)N1Cc1ccccc1Cl. The minimum absolute atomic E-state index is 0.129. The fraction of sp³-hybridized carbons (Fsp3) is 0.0833. The van der Waals surface area contributed by atoms with Crippen molar-refractivity contribution in [2.45, 2.75) is 13.2 Å². The third-order valence-electron chi connectivity index (χ3n) is 4.81. The zero-order valence-corrected chi connectivity index (χ0v) is 22.4. The van der Waals surface area contributed by atoms with E-state index in [9.17, 15) is 9.59 Å². The molecule has 0 spiro atoms. The number of ether oxygens (including phenoxy) is 1. The Morgan fingerprint density at radius 1 is 0.909 bits per heavy atom. The molecule has 0 bridgehead atoms. The molecule has 4 nitrogen and oxygen atoms in total. The number of benzene rings is 3. The van der Waals surface area contributed by atoms with Crippen LogP contribution < -0.4 is 4.74 Å². The number of hydrogen-bond donors (Lipinski definition) is 0. The Balaban J connectivity index is 1.52. The molecule has 3 aromatic rings. The summed E-state index contributed by atoms with van der Waals surface area (Å²) in [5.74, 6) is 0.259. The highest BCUT2D eigenvalue weighted by Gasteiger charge is 2.35. The lowest BCUT2D eigenvalue weighted by atomic mass is 10.2. The zero-order chi connectivity index (χ0) is 23.5. The highest BCUT2D eigenvalue weighted by molar-refractivity contribution is 9.11. The maximum Gasteiger partial charge on any atom is 0.293 e. The number of hydrogen-bond acceptors (Lipinski definition) is 4. The summed E-state index contributed by atoms with van der Waals surface area (Å²) >= 11 is 20.4. The van der Waals surface area contributed by atoms with Crippen LogP contribution >= 0.6 is 66.8 Å². The number of carbonyl (C=O) groups excluding carboxylic acids is 2. The minimum Gasteiger partial charge on any atom is -0.486 e. The van der Waals surface area contributed by atoms with Gasteiger partial charge in [-0.1, -0.05) is 59.6 Å². The van der Waals surface area contributed by atoms with Crippen molar-refractivity contribution >= 4 is 84.0 Å². The smallest absolute Gasteiger partial charge is 0.293 e. The first kappa shape index (κ1) is 24.4. The first-order chi connectivity index (χ1) is 15.8. The number of amides is 2. The molecule has 33 heavy (non-hydrogen) atoms. The zero-order valence-electron chi connectivity index (χ0n) is 16.9. The van der Waals surface area contributed by atoms with Gasteiger partial charge in [-0.15, -0.1) is 0 Å². The molecule has 2 amide bonds. The van der Waals surface area contributed by atoms with Crippen LogP contribution in [0.3, 0.4) is 0 Å². The van der Waals surface area contributed by atoms with Crippen LogP contribution in [0.4, 0.5) is 4.79 Å². The molecule has 0 saturated carbocycles. The van der Waals surface area contributed by atoms with Crippen LogP contribution in [-0.4, -0.2) is 16.0 Å². The van der Waals surface area contributed by atoms with Gasteiger partial charge in [0.25, 0.3) is 11.1 Å². The van der Waals surface area contributed by atoms with Crippen molar-refractivity contribution in [1.82, 2.24) is 4.90 Å². The standard InChI is InChI=1S/C24H15Br2Cl2NO3S/c25-17-9-14(10-18(26)22(17)32-13-16-6-2-4-8-20(16)28)11-21-23(30)29(24(31)33-21)12-15-5-1-3-7-19(15)27/h1-11H,12-13H2/b21-11-. The summed E-state index contributed by atoms with van der Waals surface area (Å²) in [5.41, 5.74) is 2.32. The van der Waals surface area contributed by atoms with Crippen LogP contribution in [0.2, 0.25) is 10.0 Å². The van der Waals surface area contributed by atoms with E-state index < -0.39 is 0 Å². The molecule has 0 radical (unpaired) electrons. The van der Waals surface area contributed by atoms with Gasteiger partial charge >= 0.3 is 0 Å². The molecular weight excluding hydrogens is 613 g/mol. The number of rotatable bonds is 6. The second-order valence-electron chi connectivity index (χ2n) is 7.05. The predicted molar refractivity (Wildman–Crippen MR) is 141 cm³/mol. The van der Waals surface area contributed by atoms with Crippen molar-refractivity contribution in [2.75, 3.05) is 0 Å². The summed E-state index contributed by atoms with van der Waals surface area (Å²) in [6, 6.07) is 18.3. The molecule has 1 heterocycles. The van der Waals surface area contributed by atoms with Gasteiger partial charge in [-0.3, -0.25) is 14.5 Å². The van der Waals surface area contributed by atoms with Gasteiger partial charge < -0.3 is 4.74 Å². The largest absolute Gasteiger partial charge is 0.486 e. The van der Waals surface area contributed by atoms with E-state index in [2.05, 4.69) is 31.9 Å². The number of carbonyl (C=O) groups is 2. The summed E-state index contributed by atoms with van der Waals surface area (Å²) in [4.78, 5) is 26.9. The maximum atomic E-state index is 12.9. The Bertz CT molecular complexity index is 1260. The van der Waals surface area contributed by atoms with Crippen molar-refractivity contribution in [3.05, 3.63) is 101 Å². The highest BCUT2D eigenvalue weighted by Crippen LogP contribution is 2.39. The van der Waals surface area contributed by atoms with E-state index in [4.69, 9.17) is 27.9 Å². The average Bonchev–Trinajstić information content (AvgIpc) is 3.03. The average molecular weight is 628 g/mol. The molecule has 9 heteroatoms. The Morgan fingerprint density at radius 3 is 2.09 bits per heavy atom. The van der Waals surface area contributed by atoms with Crippen LogP contribution in [-0.2, 0) is 17.9 Å². The Morgan fingerprint density at radius 2 is 1.48 bits per heavy atom. The predicted octanol–water partition coefficient (Wildman–Crippen LogP) is 8.33. The van der Waals surface area contributed by atoms with Gasteiger partial charge in [0.2, 0.25) is 0 Å². The van der Waals surface area contributed by atoms with E-state index >= 15 is 0 Å². The van der Waals surface area contributed by atoms with Gasteiger partial charge in [-0.2, -0.15) is 0 Å². The molecule has 1 aliphatic rings. The number of thioether (sulfide) groups is 1. The molecule has 168 valence electrons. The first-order valence-corrected chi connectivity index (χ1v) is 12.8. The van der Waals surface area contributed by atoms with Crippen LogP contribution in [0.1, 0.15) is 16.7 Å². The number of halogens is 4. The van der Waals surface area contributed by atoms with Crippen molar-refractivity contribution in [3.8, 4) is 5.75 Å². The Kier molecular flexibility index (Phi) is 7.87. The molecule has 0 N–H and O–H groups in total. The van der Waals surface area contributed by atoms with E-state index in [0.29, 0.717) is 41.8 Å². The molecule has 1 fully saturated rings. The lowest BCUT2D eigenvalue weighted by molar-refractivity contribution is -0.123. The molecule has 0 unspecified atom stereocenters. The third kappa shape index (κ3) is 5.66. The van der Waals surface area contributed by atoms with Crippen molar-refractivity contribution in [1.29, 1.82) is 0 Å². The Hall–Kier alpha value is -1.77. The third-order valence-corrected chi connectivity index (χ3v) is 7.63. The Labute approximate surface area is 222 Å². The van der Waals surface area contributed by atoms with Crippen LogP contribution in [0.15, 0.2) is 74.5 Å². The monoisotopic (exact) mass is 625 g/mol. The molecular formula is C24H15Br2Cl2NO3S. The van der Waals surface area contributed by atoms with Gasteiger partial charge in [0.15, 0.2) is 0 Å². The van der Waals surface area contributed by atoms with Crippen LogP contribution in [0.25, 0.3) is 6.08 Å². The van der Waals surface area contributed by atoms with Gasteiger partial charge in [-0.05, 0) is 85.1 Å². The van der Waals surface area contributed by atoms with Crippen molar-refractivity contribution < 1.29 is 14.3 Å². The first-order valence-electron chi connectivity index (χ1n) is 9.67. The molecule has 1 aliphatic heterocycles. The van der Waals surface area contributed by atoms with E-state index in [0.717, 1.165) is 22.9 Å². The summed E-state index contributed by atoms with van der Waals surface area (Å²) in [5, 5.41) is 0.818. The molecule has 4 rings (SSSR count). The second-order valence-corrected chi connectivity index (χ2v) is 10.6. The van der Waals surface area contributed by atoms with E-state index in [1.165, 1.54) is 4.90 Å². The quantitative estimate of drug-likeness (QED) is 0.258. The molecule has 0 aromatic heterocycles. The molecule has 1 saturated heterocycles. The van der Waals surface area contributed by atoms with Crippen molar-refractivity contribution in [3.63, 3.8) is 0 Å². The fourth-order valence-electron chi connectivity index (χ4n) is 3.15. The van der Waals surface area contributed by atoms with Gasteiger partial charge in [0.1, 0.15) is 12.4 Å². The maximum absolute atomic E-state index is 12.9. The van der Waals surface area contributed by atoms with Crippen molar-refractivity contribution in [2.24, 2.45) is 0 Å².